The van der Waals surface area contributed by atoms with Crippen LogP contribution in [-0.2, 0) is 27.4 Å². The number of aromatic nitrogens is 2. The zero-order chi connectivity index (χ0) is 11.3. The van der Waals surface area contributed by atoms with E-state index >= 15 is 0 Å². The van der Waals surface area contributed by atoms with Crippen molar-refractivity contribution >= 4 is 9.84 Å². The number of nitrogens with zero attached hydrogens (tertiary/aromatic N) is 1. The summed E-state index contributed by atoms with van der Waals surface area (Å²) in [5.74, 6) is 0.159. The van der Waals surface area contributed by atoms with E-state index in [0.29, 0.717) is 13.0 Å². The quantitative estimate of drug-likeness (QED) is 0.759. The van der Waals surface area contributed by atoms with E-state index in [0.717, 1.165) is 17.7 Å². The molecule has 0 unspecified atom stereocenters. The fourth-order valence-electron chi connectivity index (χ4n) is 1.27. The van der Waals surface area contributed by atoms with E-state index in [1.54, 1.807) is 13.3 Å². The number of ether oxygens (including phenoxy) is 1. The van der Waals surface area contributed by atoms with Gasteiger partial charge in [0.05, 0.1) is 18.6 Å². The summed E-state index contributed by atoms with van der Waals surface area (Å²) in [5, 5.41) is 6.75. The number of aromatic amines is 1. The zero-order valence-corrected chi connectivity index (χ0v) is 9.80. The summed E-state index contributed by atoms with van der Waals surface area (Å²) in [4.78, 5) is 0. The van der Waals surface area contributed by atoms with E-state index in [2.05, 4.69) is 10.2 Å². The smallest absolute Gasteiger partial charge is 0.147 e. The average Bonchev–Trinajstić information content (AvgIpc) is 2.57. The molecule has 0 fully saturated rings. The molecule has 0 aliphatic rings. The third-order valence-corrected chi connectivity index (χ3v) is 3.05. The molecule has 1 aromatic rings. The van der Waals surface area contributed by atoms with E-state index < -0.39 is 9.84 Å². The molecule has 0 aliphatic carbocycles. The Bertz CT molecular complexity index is 397. The summed E-state index contributed by atoms with van der Waals surface area (Å²) >= 11 is 0. The van der Waals surface area contributed by atoms with Gasteiger partial charge in [0.1, 0.15) is 9.84 Å². The van der Waals surface area contributed by atoms with E-state index in [-0.39, 0.29) is 5.75 Å². The monoisotopic (exact) mass is 232 g/mol. The zero-order valence-electron chi connectivity index (χ0n) is 8.99. The van der Waals surface area contributed by atoms with Gasteiger partial charge in [0, 0.05) is 25.5 Å². The minimum atomic E-state index is -2.91. The maximum absolute atomic E-state index is 11.0. The number of hydrogen-bond acceptors (Lipinski definition) is 4. The van der Waals surface area contributed by atoms with Crippen LogP contribution in [0.4, 0.5) is 0 Å². The molecule has 0 amide bonds. The molecule has 0 spiro atoms. The molecule has 0 aliphatic heterocycles. The molecule has 5 nitrogen and oxygen atoms in total. The van der Waals surface area contributed by atoms with Crippen molar-refractivity contribution in [1.82, 2.24) is 10.2 Å². The first-order chi connectivity index (χ1) is 7.03. The number of methoxy groups -OCH3 is 1. The molecule has 0 atom stereocenters. The van der Waals surface area contributed by atoms with Gasteiger partial charge in [-0.2, -0.15) is 5.10 Å². The molecule has 1 heterocycles. The van der Waals surface area contributed by atoms with Gasteiger partial charge in [0.15, 0.2) is 0 Å². The summed E-state index contributed by atoms with van der Waals surface area (Å²) in [7, 11) is -1.28. The van der Waals surface area contributed by atoms with Crippen molar-refractivity contribution in [1.29, 1.82) is 0 Å². The SMILES string of the molecule is COCCc1[nH]ncc1CCS(C)(=O)=O. The van der Waals surface area contributed by atoms with Gasteiger partial charge in [0.25, 0.3) is 0 Å². The van der Waals surface area contributed by atoms with Gasteiger partial charge in [-0.15, -0.1) is 0 Å². The van der Waals surface area contributed by atoms with Gasteiger partial charge in [-0.25, -0.2) is 8.42 Å². The Hall–Kier alpha value is -0.880. The fraction of sp³-hybridized carbons (Fsp3) is 0.667. The minimum Gasteiger partial charge on any atom is -0.384 e. The number of H-pyrrole nitrogens is 1. The number of hydrogen-bond donors (Lipinski definition) is 1. The second kappa shape index (κ2) is 5.27. The second-order valence-electron chi connectivity index (χ2n) is 3.50. The first kappa shape index (κ1) is 12.2. The van der Waals surface area contributed by atoms with Crippen LogP contribution in [0.1, 0.15) is 11.3 Å². The van der Waals surface area contributed by atoms with Crippen molar-refractivity contribution in [3.8, 4) is 0 Å². The van der Waals surface area contributed by atoms with Gasteiger partial charge in [-0.05, 0) is 12.0 Å². The Morgan fingerprint density at radius 3 is 2.80 bits per heavy atom. The van der Waals surface area contributed by atoms with Gasteiger partial charge in [-0.3, -0.25) is 5.10 Å². The molecule has 15 heavy (non-hydrogen) atoms. The van der Waals surface area contributed by atoms with Crippen LogP contribution in [0.25, 0.3) is 0 Å². The Morgan fingerprint density at radius 1 is 1.47 bits per heavy atom. The number of sulfone groups is 1. The molecule has 6 heteroatoms. The van der Waals surface area contributed by atoms with E-state index in [1.807, 2.05) is 0 Å². The average molecular weight is 232 g/mol. The predicted molar refractivity (Wildman–Crippen MR) is 57.6 cm³/mol. The highest BCUT2D eigenvalue weighted by Crippen LogP contribution is 2.07. The molecule has 0 saturated carbocycles. The lowest BCUT2D eigenvalue weighted by molar-refractivity contribution is 0.201. The second-order valence-corrected chi connectivity index (χ2v) is 5.76. The lowest BCUT2D eigenvalue weighted by Crippen LogP contribution is -2.07. The number of nitrogens with one attached hydrogen (secondary N) is 1. The molecule has 1 rings (SSSR count). The van der Waals surface area contributed by atoms with Crippen LogP contribution in [0.3, 0.4) is 0 Å². The first-order valence-corrected chi connectivity index (χ1v) is 6.77. The maximum Gasteiger partial charge on any atom is 0.147 e. The molecule has 86 valence electrons. The topological polar surface area (TPSA) is 72.0 Å². The first-order valence-electron chi connectivity index (χ1n) is 4.70. The highest BCUT2D eigenvalue weighted by molar-refractivity contribution is 7.90. The Morgan fingerprint density at radius 2 is 2.20 bits per heavy atom. The standard InChI is InChI=1S/C9H16N2O3S/c1-14-5-3-9-8(7-10-11-9)4-6-15(2,12)13/h7H,3-6H2,1-2H3,(H,10,11). The number of rotatable bonds is 6. The lowest BCUT2D eigenvalue weighted by atomic mass is 10.1. The van der Waals surface area contributed by atoms with Crippen LogP contribution >= 0.6 is 0 Å². The summed E-state index contributed by atoms with van der Waals surface area (Å²) in [6.45, 7) is 0.605. The molecule has 1 N–H and O–H groups in total. The summed E-state index contributed by atoms with van der Waals surface area (Å²) in [6, 6.07) is 0. The van der Waals surface area contributed by atoms with Crippen molar-refractivity contribution in [2.45, 2.75) is 12.8 Å². The fourth-order valence-corrected chi connectivity index (χ4v) is 1.86. The molecule has 0 aromatic carbocycles. The normalized spacial score (nSPS) is 11.9. The highest BCUT2D eigenvalue weighted by atomic mass is 32.2. The van der Waals surface area contributed by atoms with Crippen LogP contribution < -0.4 is 0 Å². The Kier molecular flexibility index (Phi) is 4.28. The molecular formula is C9H16N2O3S. The van der Waals surface area contributed by atoms with Crippen molar-refractivity contribution in [3.63, 3.8) is 0 Å². The van der Waals surface area contributed by atoms with Crippen molar-refractivity contribution < 1.29 is 13.2 Å². The third-order valence-electron chi connectivity index (χ3n) is 2.11. The maximum atomic E-state index is 11.0. The summed E-state index contributed by atoms with van der Waals surface area (Å²) < 4.78 is 26.9. The van der Waals surface area contributed by atoms with Crippen LogP contribution in [0, 0.1) is 0 Å². The van der Waals surface area contributed by atoms with Crippen molar-refractivity contribution in [3.05, 3.63) is 17.5 Å². The van der Waals surface area contributed by atoms with Crippen molar-refractivity contribution in [2.24, 2.45) is 0 Å². The van der Waals surface area contributed by atoms with Gasteiger partial charge < -0.3 is 4.74 Å². The molecule has 0 bridgehead atoms. The van der Waals surface area contributed by atoms with Crippen LogP contribution in [0.15, 0.2) is 6.20 Å². The third kappa shape index (κ3) is 4.44. The van der Waals surface area contributed by atoms with E-state index in [4.69, 9.17) is 4.74 Å². The van der Waals surface area contributed by atoms with Crippen LogP contribution in [-0.4, -0.2) is 44.3 Å². The summed E-state index contributed by atoms with van der Waals surface area (Å²) in [6.07, 6.45) is 4.15. The van der Waals surface area contributed by atoms with E-state index in [9.17, 15) is 8.42 Å². The van der Waals surface area contributed by atoms with Crippen LogP contribution in [0.5, 0.6) is 0 Å². The molecule has 0 radical (unpaired) electrons. The molecule has 1 aromatic heterocycles. The van der Waals surface area contributed by atoms with Crippen LogP contribution in [0.2, 0.25) is 0 Å². The van der Waals surface area contributed by atoms with Gasteiger partial charge in [-0.1, -0.05) is 0 Å². The van der Waals surface area contributed by atoms with E-state index in [1.165, 1.54) is 6.26 Å². The Labute approximate surface area is 89.8 Å². The van der Waals surface area contributed by atoms with Crippen molar-refractivity contribution in [2.75, 3.05) is 25.7 Å². The highest BCUT2D eigenvalue weighted by Gasteiger charge is 2.08. The Balaban J connectivity index is 2.57. The largest absolute Gasteiger partial charge is 0.384 e. The summed E-state index contributed by atoms with van der Waals surface area (Å²) in [5.41, 5.74) is 1.91. The number of aryl methyl sites for hydroxylation is 1. The minimum absolute atomic E-state index is 0.159. The predicted octanol–water partition coefficient (Wildman–Crippen LogP) is 0.186. The van der Waals surface area contributed by atoms with Gasteiger partial charge in [0.2, 0.25) is 0 Å². The lowest BCUT2D eigenvalue weighted by Gasteiger charge is -2.01. The molecular weight excluding hydrogens is 216 g/mol. The van der Waals surface area contributed by atoms with Gasteiger partial charge >= 0.3 is 0 Å². The molecule has 0 saturated heterocycles.